The monoisotopic (exact) mass is 494 g/mol. The number of phenols is 1. The smallest absolute Gasteiger partial charge is 0.276 e. The van der Waals surface area contributed by atoms with E-state index in [1.165, 1.54) is 30.0 Å². The van der Waals surface area contributed by atoms with E-state index in [1.54, 1.807) is 6.07 Å². The van der Waals surface area contributed by atoms with E-state index in [2.05, 4.69) is 22.8 Å². The van der Waals surface area contributed by atoms with Gasteiger partial charge in [0.05, 0.1) is 10.6 Å². The summed E-state index contributed by atoms with van der Waals surface area (Å²) in [4.78, 5) is 0. The first-order valence-electron chi connectivity index (χ1n) is 10.6. The average molecular weight is 495 g/mol. The standard InChI is InChI=1S/C26H20ClFN2O3S/c1-2-3-15-4-8-23(31)21(10-15)16-5-9-24-17(11-16)12-19(32-24)14-34-26-30-29-25(33-26)20-7-6-18(28)13-22(20)27/h2,4-11,13,19,31H,1,3,12,14H2/t19-/m0/s1. The van der Waals surface area contributed by atoms with E-state index in [0.29, 0.717) is 16.5 Å². The van der Waals surface area contributed by atoms with E-state index >= 15 is 0 Å². The highest BCUT2D eigenvalue weighted by Crippen LogP contribution is 2.38. The fourth-order valence-corrected chi connectivity index (χ4v) is 4.89. The fraction of sp³-hybridized carbons (Fsp3) is 0.154. The number of nitrogens with zero attached hydrogens (tertiary/aromatic N) is 2. The second-order valence-electron chi connectivity index (χ2n) is 7.92. The van der Waals surface area contributed by atoms with E-state index in [4.69, 9.17) is 20.8 Å². The fourth-order valence-electron chi connectivity index (χ4n) is 3.89. The summed E-state index contributed by atoms with van der Waals surface area (Å²) in [5.41, 5.74) is 4.39. The molecule has 34 heavy (non-hydrogen) atoms. The van der Waals surface area contributed by atoms with Crippen LogP contribution in [0.15, 0.2) is 76.9 Å². The van der Waals surface area contributed by atoms with Gasteiger partial charge in [-0.1, -0.05) is 41.6 Å². The molecule has 4 aromatic rings. The van der Waals surface area contributed by atoms with Crippen molar-refractivity contribution in [2.45, 2.75) is 24.2 Å². The van der Waals surface area contributed by atoms with Crippen molar-refractivity contribution in [1.82, 2.24) is 10.2 Å². The molecule has 1 N–H and O–H groups in total. The van der Waals surface area contributed by atoms with Gasteiger partial charge in [-0.3, -0.25) is 0 Å². The van der Waals surface area contributed by atoms with Gasteiger partial charge < -0.3 is 14.3 Å². The number of hydrogen-bond donors (Lipinski definition) is 1. The Balaban J connectivity index is 1.26. The van der Waals surface area contributed by atoms with Crippen LogP contribution in [-0.2, 0) is 12.8 Å². The van der Waals surface area contributed by atoms with Gasteiger partial charge in [-0.25, -0.2) is 4.39 Å². The Bertz CT molecular complexity index is 1370. The second kappa shape index (κ2) is 9.52. The molecule has 5 nitrogen and oxygen atoms in total. The van der Waals surface area contributed by atoms with Crippen molar-refractivity contribution in [3.63, 3.8) is 0 Å². The van der Waals surface area contributed by atoms with Crippen LogP contribution >= 0.6 is 23.4 Å². The third-order valence-corrected chi connectivity index (χ3v) is 6.78. The van der Waals surface area contributed by atoms with Crippen LogP contribution < -0.4 is 4.74 Å². The molecule has 8 heteroatoms. The Morgan fingerprint density at radius 2 is 2.00 bits per heavy atom. The lowest BCUT2D eigenvalue weighted by Gasteiger charge is -2.09. The molecule has 0 amide bonds. The number of aromatic hydroxyl groups is 1. The molecule has 0 saturated heterocycles. The molecule has 1 aromatic heterocycles. The van der Waals surface area contributed by atoms with E-state index in [0.717, 1.165) is 40.8 Å². The van der Waals surface area contributed by atoms with Crippen molar-refractivity contribution in [3.8, 4) is 34.1 Å². The maximum absolute atomic E-state index is 13.3. The van der Waals surface area contributed by atoms with Crippen LogP contribution in [0.25, 0.3) is 22.6 Å². The Labute approximate surface area is 205 Å². The zero-order chi connectivity index (χ0) is 23.7. The maximum Gasteiger partial charge on any atom is 0.276 e. The predicted molar refractivity (Wildman–Crippen MR) is 131 cm³/mol. The topological polar surface area (TPSA) is 68.4 Å². The summed E-state index contributed by atoms with van der Waals surface area (Å²) >= 11 is 7.47. The van der Waals surface area contributed by atoms with Crippen molar-refractivity contribution in [3.05, 3.63) is 89.2 Å². The molecule has 0 saturated carbocycles. The van der Waals surface area contributed by atoms with Gasteiger partial charge in [-0.2, -0.15) is 0 Å². The highest BCUT2D eigenvalue weighted by molar-refractivity contribution is 7.99. The van der Waals surface area contributed by atoms with Gasteiger partial charge in [0.2, 0.25) is 5.89 Å². The van der Waals surface area contributed by atoms with Crippen LogP contribution in [0.5, 0.6) is 11.5 Å². The quantitative estimate of drug-likeness (QED) is 0.227. The number of allylic oxidation sites excluding steroid dienone is 1. The summed E-state index contributed by atoms with van der Waals surface area (Å²) in [6.07, 6.45) is 3.26. The summed E-state index contributed by atoms with van der Waals surface area (Å²) in [6.45, 7) is 3.78. The lowest BCUT2D eigenvalue weighted by Crippen LogP contribution is -2.15. The number of phenolic OH excluding ortho intramolecular Hbond substituents is 1. The number of benzene rings is 3. The largest absolute Gasteiger partial charge is 0.507 e. The lowest BCUT2D eigenvalue weighted by molar-refractivity contribution is 0.259. The van der Waals surface area contributed by atoms with Crippen LogP contribution in [0.3, 0.4) is 0 Å². The summed E-state index contributed by atoms with van der Waals surface area (Å²) in [6, 6.07) is 15.6. The highest BCUT2D eigenvalue weighted by Gasteiger charge is 2.25. The summed E-state index contributed by atoms with van der Waals surface area (Å²) in [5, 5.41) is 19.1. The molecule has 1 aliphatic heterocycles. The van der Waals surface area contributed by atoms with Gasteiger partial charge in [0.15, 0.2) is 0 Å². The number of ether oxygens (including phenoxy) is 1. The van der Waals surface area contributed by atoms with Crippen LogP contribution in [0.2, 0.25) is 5.02 Å². The van der Waals surface area contributed by atoms with Crippen LogP contribution in [0, 0.1) is 5.82 Å². The molecular formula is C26H20ClFN2O3S. The predicted octanol–water partition coefficient (Wildman–Crippen LogP) is 6.73. The lowest BCUT2D eigenvalue weighted by atomic mass is 9.98. The maximum atomic E-state index is 13.3. The molecule has 5 rings (SSSR count). The first kappa shape index (κ1) is 22.5. The van der Waals surface area contributed by atoms with Crippen molar-refractivity contribution >= 4 is 23.4 Å². The third-order valence-electron chi connectivity index (χ3n) is 5.51. The summed E-state index contributed by atoms with van der Waals surface area (Å²) in [5.74, 6) is 1.51. The number of halogens is 2. The zero-order valence-corrected chi connectivity index (χ0v) is 19.6. The number of rotatable bonds is 7. The summed E-state index contributed by atoms with van der Waals surface area (Å²) < 4.78 is 25.1. The molecule has 0 aliphatic carbocycles. The Morgan fingerprint density at radius 1 is 1.12 bits per heavy atom. The molecule has 0 unspecified atom stereocenters. The molecule has 2 heterocycles. The molecule has 1 atom stereocenters. The average Bonchev–Trinajstić information content (AvgIpc) is 3.45. The van der Waals surface area contributed by atoms with E-state index < -0.39 is 5.82 Å². The van der Waals surface area contributed by atoms with Crippen LogP contribution in [0.1, 0.15) is 11.1 Å². The minimum absolute atomic E-state index is 0.0549. The van der Waals surface area contributed by atoms with Crippen LogP contribution in [-0.4, -0.2) is 27.2 Å². The number of hydrogen-bond acceptors (Lipinski definition) is 6. The molecule has 1 aliphatic rings. The van der Waals surface area contributed by atoms with Gasteiger partial charge in [-0.05, 0) is 65.6 Å². The van der Waals surface area contributed by atoms with Crippen LogP contribution in [0.4, 0.5) is 4.39 Å². The number of aromatic nitrogens is 2. The van der Waals surface area contributed by atoms with E-state index in [9.17, 15) is 9.50 Å². The van der Waals surface area contributed by atoms with Gasteiger partial charge in [-0.15, -0.1) is 16.8 Å². The van der Waals surface area contributed by atoms with Crippen molar-refractivity contribution in [2.24, 2.45) is 0 Å². The molecule has 0 spiro atoms. The zero-order valence-electron chi connectivity index (χ0n) is 18.0. The van der Waals surface area contributed by atoms with Crippen molar-refractivity contribution in [1.29, 1.82) is 0 Å². The Hall–Kier alpha value is -3.29. The molecule has 0 fully saturated rings. The minimum Gasteiger partial charge on any atom is -0.507 e. The van der Waals surface area contributed by atoms with E-state index in [-0.39, 0.29) is 22.8 Å². The van der Waals surface area contributed by atoms with Gasteiger partial charge in [0.25, 0.3) is 5.22 Å². The molecule has 0 radical (unpaired) electrons. The molecule has 0 bridgehead atoms. The first-order chi connectivity index (χ1) is 16.5. The molecule has 172 valence electrons. The van der Waals surface area contributed by atoms with Gasteiger partial charge >= 0.3 is 0 Å². The van der Waals surface area contributed by atoms with Gasteiger partial charge in [0.1, 0.15) is 23.4 Å². The van der Waals surface area contributed by atoms with Crippen molar-refractivity contribution in [2.75, 3.05) is 5.75 Å². The number of thioether (sulfide) groups is 1. The normalized spacial score (nSPS) is 14.6. The first-order valence-corrected chi connectivity index (χ1v) is 12.0. The minimum atomic E-state index is -0.427. The third kappa shape index (κ3) is 4.67. The second-order valence-corrected chi connectivity index (χ2v) is 9.30. The highest BCUT2D eigenvalue weighted by atomic mass is 35.5. The molecular weight excluding hydrogens is 475 g/mol. The molecule has 3 aromatic carbocycles. The Kier molecular flexibility index (Phi) is 6.30. The number of fused-ring (bicyclic) bond motifs is 1. The Morgan fingerprint density at radius 3 is 2.82 bits per heavy atom. The summed E-state index contributed by atoms with van der Waals surface area (Å²) in [7, 11) is 0. The SMILES string of the molecule is C=CCc1ccc(O)c(-c2ccc3c(c2)C[C@@H](CSc2nnc(-c4ccc(F)cc4Cl)o2)O3)c1. The van der Waals surface area contributed by atoms with Gasteiger partial charge in [0, 0.05) is 17.7 Å². The van der Waals surface area contributed by atoms with E-state index in [1.807, 2.05) is 30.3 Å². The van der Waals surface area contributed by atoms with Crippen molar-refractivity contribution < 1.29 is 18.7 Å².